The van der Waals surface area contributed by atoms with Crippen molar-refractivity contribution in [1.82, 2.24) is 4.98 Å². The fraction of sp³-hybridized carbons (Fsp3) is 0.412. The molecular formula is C17H19NO8. The van der Waals surface area contributed by atoms with Gasteiger partial charge in [0.05, 0.1) is 18.2 Å². The molecule has 3 rings (SSSR count). The molecule has 0 amide bonds. The number of fused-ring (bicyclic) bond motifs is 1. The number of aromatic nitrogens is 1. The number of para-hydroxylation sites is 1. The summed E-state index contributed by atoms with van der Waals surface area (Å²) in [6.45, 7) is -0.545. The molecule has 9 heteroatoms. The van der Waals surface area contributed by atoms with Crippen LogP contribution in [0.25, 0.3) is 10.9 Å². The zero-order chi connectivity index (χ0) is 19.0. The van der Waals surface area contributed by atoms with Crippen molar-refractivity contribution in [3.63, 3.8) is 0 Å². The summed E-state index contributed by atoms with van der Waals surface area (Å²) in [5.74, 6) is -1.29. The molecule has 5 atom stereocenters. The highest BCUT2D eigenvalue weighted by molar-refractivity contribution is 5.90. The largest absolute Gasteiger partial charge is 0.477 e. The van der Waals surface area contributed by atoms with Crippen molar-refractivity contribution in [2.24, 2.45) is 0 Å². The smallest absolute Gasteiger partial charge is 0.352 e. The minimum absolute atomic E-state index is 0.0256. The Labute approximate surface area is 147 Å². The topological polar surface area (TPSA) is 160 Å². The van der Waals surface area contributed by atoms with E-state index in [4.69, 9.17) is 9.84 Å². The Kier molecular flexibility index (Phi) is 5.08. The lowest BCUT2D eigenvalue weighted by Crippen LogP contribution is -2.59. The molecule has 1 aliphatic heterocycles. The van der Waals surface area contributed by atoms with Gasteiger partial charge in [-0.25, -0.2) is 4.79 Å². The van der Waals surface area contributed by atoms with Gasteiger partial charge in [0.1, 0.15) is 30.1 Å². The zero-order valence-electron chi connectivity index (χ0n) is 13.6. The monoisotopic (exact) mass is 365 g/mol. The van der Waals surface area contributed by atoms with Gasteiger partial charge in [-0.05, 0) is 11.6 Å². The number of hydrogen-bond acceptors (Lipinski definition) is 7. The summed E-state index contributed by atoms with van der Waals surface area (Å²) in [5, 5.41) is 48.6. The minimum atomic E-state index is -1.51. The van der Waals surface area contributed by atoms with Gasteiger partial charge >= 0.3 is 5.97 Å². The molecular weight excluding hydrogens is 346 g/mol. The number of H-pyrrole nitrogens is 1. The van der Waals surface area contributed by atoms with E-state index in [1.165, 1.54) is 6.07 Å². The van der Waals surface area contributed by atoms with Crippen LogP contribution in [0.2, 0.25) is 0 Å². The normalized spacial score (nSPS) is 29.0. The molecule has 1 saturated heterocycles. The zero-order valence-corrected chi connectivity index (χ0v) is 13.6. The number of pyridine rings is 1. The van der Waals surface area contributed by atoms with E-state index in [0.29, 0.717) is 5.56 Å². The van der Waals surface area contributed by atoms with Crippen molar-refractivity contribution in [2.75, 3.05) is 6.61 Å². The van der Waals surface area contributed by atoms with Crippen LogP contribution >= 0.6 is 0 Å². The van der Waals surface area contributed by atoms with Crippen molar-refractivity contribution >= 4 is 16.9 Å². The van der Waals surface area contributed by atoms with Crippen LogP contribution in [-0.2, 0) is 11.2 Å². The van der Waals surface area contributed by atoms with Gasteiger partial charge in [0.15, 0.2) is 5.43 Å². The molecule has 1 aromatic heterocycles. The molecule has 1 aliphatic rings. The summed E-state index contributed by atoms with van der Waals surface area (Å²) in [7, 11) is 0. The molecule has 0 unspecified atom stereocenters. The fourth-order valence-electron chi connectivity index (χ4n) is 3.18. The van der Waals surface area contributed by atoms with Gasteiger partial charge in [0, 0.05) is 17.9 Å². The molecule has 0 spiro atoms. The van der Waals surface area contributed by atoms with Crippen LogP contribution in [-0.4, -0.2) is 73.6 Å². The standard InChI is InChI=1S/C17H19NO8/c19-6-12-15(22)16(23)14(21)11(26-12)4-7-2-1-3-8-10(20)5-9(17(24)25)18-13(7)8/h1-3,5,11-12,14-16,19,21-23H,4,6H2,(H,18,20)(H,24,25)/t11-,12+,14-,15+,16+/m0/s1. The molecule has 0 radical (unpaired) electrons. The van der Waals surface area contributed by atoms with Crippen LogP contribution in [0.3, 0.4) is 0 Å². The molecule has 0 saturated carbocycles. The molecule has 2 aromatic rings. The fourth-order valence-corrected chi connectivity index (χ4v) is 3.18. The Morgan fingerprint density at radius 1 is 1.12 bits per heavy atom. The predicted octanol–water partition coefficient (Wildman–Crippen LogP) is -1.39. The van der Waals surface area contributed by atoms with E-state index < -0.39 is 48.5 Å². The van der Waals surface area contributed by atoms with Crippen molar-refractivity contribution in [2.45, 2.75) is 36.9 Å². The van der Waals surface area contributed by atoms with Gasteiger partial charge in [-0.1, -0.05) is 12.1 Å². The lowest BCUT2D eigenvalue weighted by atomic mass is 9.91. The molecule has 0 bridgehead atoms. The van der Waals surface area contributed by atoms with Gasteiger partial charge in [-0.3, -0.25) is 4.79 Å². The van der Waals surface area contributed by atoms with Crippen molar-refractivity contribution in [1.29, 1.82) is 0 Å². The highest BCUT2D eigenvalue weighted by Gasteiger charge is 2.43. The first-order valence-electron chi connectivity index (χ1n) is 8.02. The number of benzene rings is 1. The Morgan fingerprint density at radius 3 is 2.46 bits per heavy atom. The number of rotatable bonds is 4. The SMILES string of the molecule is O=C(O)c1cc(=O)c2cccc(C[C@@H]3O[C@H](CO)[C@@H](O)[C@H](O)[C@H]3O)c2[nH]1. The second-order valence-corrected chi connectivity index (χ2v) is 6.26. The number of ether oxygens (including phenoxy) is 1. The molecule has 26 heavy (non-hydrogen) atoms. The summed E-state index contributed by atoms with van der Waals surface area (Å²) in [4.78, 5) is 26.0. The van der Waals surface area contributed by atoms with Gasteiger partial charge in [-0.15, -0.1) is 0 Å². The molecule has 6 N–H and O–H groups in total. The second-order valence-electron chi connectivity index (χ2n) is 6.26. The third-order valence-electron chi connectivity index (χ3n) is 4.59. The van der Waals surface area contributed by atoms with Gasteiger partial charge in [-0.2, -0.15) is 0 Å². The number of aromatic carboxylic acids is 1. The van der Waals surface area contributed by atoms with Crippen LogP contribution in [0.1, 0.15) is 16.1 Å². The van der Waals surface area contributed by atoms with Crippen LogP contribution in [0.15, 0.2) is 29.1 Å². The predicted molar refractivity (Wildman–Crippen MR) is 89.0 cm³/mol. The molecule has 1 aromatic carbocycles. The Balaban J connectivity index is 2.00. The van der Waals surface area contributed by atoms with Gasteiger partial charge in [0.25, 0.3) is 0 Å². The van der Waals surface area contributed by atoms with Gasteiger partial charge in [0.2, 0.25) is 0 Å². The summed E-state index contributed by atoms with van der Waals surface area (Å²) in [6.07, 6.45) is -6.36. The number of carboxylic acids is 1. The Bertz CT molecular complexity index is 877. The quantitative estimate of drug-likeness (QED) is 0.386. The lowest BCUT2D eigenvalue weighted by molar-refractivity contribution is -0.228. The van der Waals surface area contributed by atoms with Crippen LogP contribution in [0.5, 0.6) is 0 Å². The maximum atomic E-state index is 12.1. The second kappa shape index (κ2) is 7.14. The molecule has 1 fully saturated rings. The average molecular weight is 365 g/mol. The van der Waals surface area contributed by atoms with Crippen LogP contribution in [0.4, 0.5) is 0 Å². The first-order chi connectivity index (χ1) is 12.3. The number of hydrogen-bond donors (Lipinski definition) is 6. The number of carboxylic acid groups (broad SMARTS) is 1. The number of nitrogens with one attached hydrogen (secondary N) is 1. The van der Waals surface area contributed by atoms with E-state index in [1.807, 2.05) is 0 Å². The van der Waals surface area contributed by atoms with E-state index in [1.54, 1.807) is 12.1 Å². The van der Waals surface area contributed by atoms with Crippen LogP contribution in [0, 0.1) is 0 Å². The summed E-state index contributed by atoms with van der Waals surface area (Å²) in [5.41, 5.74) is 0.0388. The Hall–Kier alpha value is -2.30. The summed E-state index contributed by atoms with van der Waals surface area (Å²) < 4.78 is 5.47. The highest BCUT2D eigenvalue weighted by Crippen LogP contribution is 2.25. The third kappa shape index (κ3) is 3.22. The van der Waals surface area contributed by atoms with Crippen LogP contribution < -0.4 is 5.43 Å². The van der Waals surface area contributed by atoms with E-state index in [9.17, 15) is 30.0 Å². The number of aromatic amines is 1. The Morgan fingerprint density at radius 2 is 1.81 bits per heavy atom. The summed E-state index contributed by atoms with van der Waals surface area (Å²) in [6, 6.07) is 5.77. The maximum Gasteiger partial charge on any atom is 0.352 e. The number of carbonyl (C=O) groups is 1. The average Bonchev–Trinajstić information content (AvgIpc) is 2.62. The van der Waals surface area contributed by atoms with Crippen molar-refractivity contribution < 1.29 is 35.1 Å². The summed E-state index contributed by atoms with van der Waals surface area (Å²) >= 11 is 0. The molecule has 2 heterocycles. The number of aliphatic hydroxyl groups excluding tert-OH is 4. The minimum Gasteiger partial charge on any atom is -0.477 e. The van der Waals surface area contributed by atoms with E-state index in [0.717, 1.165) is 6.07 Å². The third-order valence-corrected chi connectivity index (χ3v) is 4.59. The highest BCUT2D eigenvalue weighted by atomic mass is 16.5. The molecule has 0 aliphatic carbocycles. The van der Waals surface area contributed by atoms with E-state index in [2.05, 4.69) is 4.98 Å². The van der Waals surface area contributed by atoms with E-state index >= 15 is 0 Å². The molecule has 9 nitrogen and oxygen atoms in total. The first kappa shape index (κ1) is 18.5. The van der Waals surface area contributed by atoms with E-state index in [-0.39, 0.29) is 23.0 Å². The van der Waals surface area contributed by atoms with Crippen molar-refractivity contribution in [3.8, 4) is 0 Å². The van der Waals surface area contributed by atoms with Gasteiger partial charge < -0.3 is 35.3 Å². The molecule has 140 valence electrons. The van der Waals surface area contributed by atoms with Crippen molar-refractivity contribution in [3.05, 3.63) is 45.7 Å². The first-order valence-corrected chi connectivity index (χ1v) is 8.02. The number of aliphatic hydroxyl groups is 4. The maximum absolute atomic E-state index is 12.1. The lowest BCUT2D eigenvalue weighted by Gasteiger charge is -2.40.